The summed E-state index contributed by atoms with van der Waals surface area (Å²) in [5, 5.41) is 10.6. The minimum absolute atomic E-state index is 0.0314. The second-order valence-electron chi connectivity index (χ2n) is 7.42. The summed E-state index contributed by atoms with van der Waals surface area (Å²) < 4.78 is 5.79. The molecule has 4 heteroatoms. The van der Waals surface area contributed by atoms with E-state index in [2.05, 4.69) is 0 Å². The van der Waals surface area contributed by atoms with E-state index in [1.165, 1.54) is 0 Å². The zero-order valence-corrected chi connectivity index (χ0v) is 16.3. The summed E-state index contributed by atoms with van der Waals surface area (Å²) in [5.74, 6) is 1.69. The van der Waals surface area contributed by atoms with Crippen molar-refractivity contribution in [1.82, 2.24) is 4.90 Å². The zero-order valence-electron chi connectivity index (χ0n) is 16.3. The number of carbonyl (C=O) groups excluding carboxylic acids is 1. The Morgan fingerprint density at radius 1 is 0.828 bits per heavy atom. The monoisotopic (exact) mass is 387 g/mol. The molecule has 1 amide bonds. The van der Waals surface area contributed by atoms with Crippen LogP contribution in [-0.4, -0.2) is 29.0 Å². The molecule has 1 fully saturated rings. The van der Waals surface area contributed by atoms with Crippen molar-refractivity contribution in [3.63, 3.8) is 0 Å². The van der Waals surface area contributed by atoms with E-state index in [-0.39, 0.29) is 11.8 Å². The number of ether oxygens (including phenoxy) is 1. The van der Waals surface area contributed by atoms with Gasteiger partial charge in [0.05, 0.1) is 6.10 Å². The maximum atomic E-state index is 12.8. The van der Waals surface area contributed by atoms with Gasteiger partial charge in [0, 0.05) is 18.7 Å². The van der Waals surface area contributed by atoms with Crippen LogP contribution >= 0.6 is 0 Å². The number of benzene rings is 3. The Morgan fingerprint density at radius 3 is 2.00 bits per heavy atom. The van der Waals surface area contributed by atoms with Gasteiger partial charge in [-0.05, 0) is 60.7 Å². The molecule has 0 radical (unpaired) electrons. The summed E-state index contributed by atoms with van der Waals surface area (Å²) in [6.45, 7) is 1.32. The van der Waals surface area contributed by atoms with Gasteiger partial charge in [0.1, 0.15) is 11.5 Å². The second kappa shape index (κ2) is 8.93. The van der Waals surface area contributed by atoms with Crippen LogP contribution in [0.25, 0.3) is 0 Å². The number of nitrogens with zero attached hydrogens (tertiary/aromatic N) is 1. The molecule has 0 aromatic heterocycles. The van der Waals surface area contributed by atoms with E-state index in [0.717, 1.165) is 24.2 Å². The highest BCUT2D eigenvalue weighted by Crippen LogP contribution is 2.31. The molecule has 1 atom stereocenters. The Labute approximate surface area is 171 Å². The molecule has 0 bridgehead atoms. The average molecular weight is 387 g/mol. The van der Waals surface area contributed by atoms with Crippen molar-refractivity contribution in [2.75, 3.05) is 13.1 Å². The first-order chi connectivity index (χ1) is 14.2. The summed E-state index contributed by atoms with van der Waals surface area (Å²) in [7, 11) is 0. The molecule has 1 unspecified atom stereocenters. The Balaban J connectivity index is 1.33. The first-order valence-corrected chi connectivity index (χ1v) is 10.1. The molecule has 0 aliphatic carbocycles. The third-order valence-corrected chi connectivity index (χ3v) is 5.49. The van der Waals surface area contributed by atoms with E-state index in [1.54, 1.807) is 0 Å². The lowest BCUT2D eigenvalue weighted by atomic mass is 9.87. The van der Waals surface area contributed by atoms with Crippen LogP contribution in [0.4, 0.5) is 0 Å². The average Bonchev–Trinajstić information content (AvgIpc) is 2.80. The number of aliphatic hydroxyl groups excluding tert-OH is 1. The van der Waals surface area contributed by atoms with Crippen molar-refractivity contribution < 1.29 is 14.6 Å². The fourth-order valence-electron chi connectivity index (χ4n) is 3.81. The normalized spacial score (nSPS) is 15.7. The van der Waals surface area contributed by atoms with Gasteiger partial charge in [0.25, 0.3) is 5.91 Å². The highest BCUT2D eigenvalue weighted by atomic mass is 16.5. The van der Waals surface area contributed by atoms with Gasteiger partial charge >= 0.3 is 0 Å². The van der Waals surface area contributed by atoms with E-state index in [0.29, 0.717) is 24.4 Å². The fraction of sp³-hybridized carbons (Fsp3) is 0.240. The first kappa shape index (κ1) is 19.2. The molecule has 4 rings (SSSR count). The SMILES string of the molecule is O=C(c1ccc(Oc2ccccc2)cc1)N1CCC(C(O)c2ccccc2)CC1. The maximum Gasteiger partial charge on any atom is 0.253 e. The highest BCUT2D eigenvalue weighted by molar-refractivity contribution is 5.94. The number of amides is 1. The topological polar surface area (TPSA) is 49.8 Å². The van der Waals surface area contributed by atoms with Crippen molar-refractivity contribution >= 4 is 5.91 Å². The minimum Gasteiger partial charge on any atom is -0.457 e. The number of hydrogen-bond donors (Lipinski definition) is 1. The van der Waals surface area contributed by atoms with Crippen LogP contribution in [0.1, 0.15) is 34.9 Å². The smallest absolute Gasteiger partial charge is 0.253 e. The third kappa shape index (κ3) is 4.66. The zero-order chi connectivity index (χ0) is 20.1. The molecule has 0 saturated carbocycles. The first-order valence-electron chi connectivity index (χ1n) is 10.1. The van der Waals surface area contributed by atoms with Crippen molar-refractivity contribution in [3.05, 3.63) is 96.1 Å². The summed E-state index contributed by atoms with van der Waals surface area (Å²) in [4.78, 5) is 14.7. The Morgan fingerprint density at radius 2 is 1.38 bits per heavy atom. The molecule has 1 saturated heterocycles. The Hall–Kier alpha value is -3.11. The molecule has 1 aliphatic rings. The lowest BCUT2D eigenvalue weighted by Crippen LogP contribution is -2.39. The molecule has 29 heavy (non-hydrogen) atoms. The molecule has 1 heterocycles. The summed E-state index contributed by atoms with van der Waals surface area (Å²) in [6, 6.07) is 26.6. The molecule has 148 valence electrons. The molecule has 1 N–H and O–H groups in total. The van der Waals surface area contributed by atoms with Gasteiger partial charge in [-0.3, -0.25) is 4.79 Å². The van der Waals surface area contributed by atoms with Crippen molar-refractivity contribution in [1.29, 1.82) is 0 Å². The van der Waals surface area contributed by atoms with Crippen LogP contribution in [0.2, 0.25) is 0 Å². The van der Waals surface area contributed by atoms with E-state index < -0.39 is 6.10 Å². The maximum absolute atomic E-state index is 12.8. The Bertz CT molecular complexity index is 917. The van der Waals surface area contributed by atoms with E-state index >= 15 is 0 Å². The predicted octanol–water partition coefficient (Wildman–Crippen LogP) is 5.06. The van der Waals surface area contributed by atoms with E-state index in [4.69, 9.17) is 4.74 Å². The summed E-state index contributed by atoms with van der Waals surface area (Å²) in [6.07, 6.45) is 1.14. The van der Waals surface area contributed by atoms with Crippen molar-refractivity contribution in [3.8, 4) is 11.5 Å². The molecular formula is C25H25NO3. The number of hydrogen-bond acceptors (Lipinski definition) is 3. The number of piperidine rings is 1. The summed E-state index contributed by atoms with van der Waals surface area (Å²) in [5.41, 5.74) is 1.61. The Kier molecular flexibility index (Phi) is 5.92. The van der Waals surface area contributed by atoms with Gasteiger partial charge in [-0.2, -0.15) is 0 Å². The molecule has 3 aromatic rings. The summed E-state index contributed by atoms with van der Waals surface area (Å²) >= 11 is 0. The van der Waals surface area contributed by atoms with Crippen molar-refractivity contribution in [2.45, 2.75) is 18.9 Å². The highest BCUT2D eigenvalue weighted by Gasteiger charge is 2.28. The van der Waals surface area contributed by atoms with E-state index in [1.807, 2.05) is 89.8 Å². The molecular weight excluding hydrogens is 362 g/mol. The minimum atomic E-state index is -0.470. The predicted molar refractivity (Wildman–Crippen MR) is 113 cm³/mol. The van der Waals surface area contributed by atoms with Crippen LogP contribution < -0.4 is 4.74 Å². The lowest BCUT2D eigenvalue weighted by molar-refractivity contribution is 0.0462. The molecule has 1 aliphatic heterocycles. The van der Waals surface area contributed by atoms with Crippen LogP contribution in [0, 0.1) is 5.92 Å². The number of aliphatic hydroxyl groups is 1. The van der Waals surface area contributed by atoms with Gasteiger partial charge in [-0.1, -0.05) is 48.5 Å². The van der Waals surface area contributed by atoms with Crippen LogP contribution in [0.3, 0.4) is 0 Å². The number of likely N-dealkylation sites (tertiary alicyclic amines) is 1. The van der Waals surface area contributed by atoms with Crippen LogP contribution in [0.5, 0.6) is 11.5 Å². The molecule has 4 nitrogen and oxygen atoms in total. The quantitative estimate of drug-likeness (QED) is 0.665. The van der Waals surface area contributed by atoms with Crippen molar-refractivity contribution in [2.24, 2.45) is 5.92 Å². The van der Waals surface area contributed by atoms with Gasteiger partial charge in [-0.15, -0.1) is 0 Å². The standard InChI is InChI=1S/C25H25NO3/c27-24(19-7-3-1-4-8-19)20-15-17-26(18-16-20)25(28)21-11-13-23(14-12-21)29-22-9-5-2-6-10-22/h1-14,20,24,27H,15-18H2. The van der Waals surface area contributed by atoms with Gasteiger partial charge < -0.3 is 14.7 Å². The van der Waals surface area contributed by atoms with Gasteiger partial charge in [0.15, 0.2) is 0 Å². The van der Waals surface area contributed by atoms with Gasteiger partial charge in [-0.25, -0.2) is 0 Å². The molecule has 3 aromatic carbocycles. The van der Waals surface area contributed by atoms with E-state index in [9.17, 15) is 9.90 Å². The fourth-order valence-corrected chi connectivity index (χ4v) is 3.81. The third-order valence-electron chi connectivity index (χ3n) is 5.49. The van der Waals surface area contributed by atoms with Gasteiger partial charge in [0.2, 0.25) is 0 Å². The largest absolute Gasteiger partial charge is 0.457 e. The number of para-hydroxylation sites is 1. The van der Waals surface area contributed by atoms with Crippen LogP contribution in [0.15, 0.2) is 84.9 Å². The van der Waals surface area contributed by atoms with Crippen LogP contribution in [-0.2, 0) is 0 Å². The molecule has 0 spiro atoms. The number of carbonyl (C=O) groups is 1. The second-order valence-corrected chi connectivity index (χ2v) is 7.42. The lowest BCUT2D eigenvalue weighted by Gasteiger charge is -2.34. The number of rotatable bonds is 5.